The van der Waals surface area contributed by atoms with Crippen LogP contribution >= 0.6 is 0 Å². The van der Waals surface area contributed by atoms with Crippen LogP contribution in [0.15, 0.2) is 0 Å². The van der Waals surface area contributed by atoms with Crippen molar-refractivity contribution in [3.05, 3.63) is 0 Å². The Kier molecular flexibility index (Phi) is 6.37. The van der Waals surface area contributed by atoms with E-state index in [-0.39, 0.29) is 0 Å². The van der Waals surface area contributed by atoms with Gasteiger partial charge in [0.05, 0.1) is 22.0 Å². The second-order valence-electron chi connectivity index (χ2n) is 2.06. The molecule has 3 heteroatoms. The highest BCUT2D eigenvalue weighted by Crippen LogP contribution is 1.90. The molecule has 0 nitrogen and oxygen atoms in total. The summed E-state index contributed by atoms with van der Waals surface area (Å²) in [7, 11) is 5.03. The molecule has 0 rings (SSSR count). The molecule has 0 N–H and O–H groups in total. The Bertz CT molecular complexity index is 26.1. The summed E-state index contributed by atoms with van der Waals surface area (Å²) in [4.78, 5) is 0. The molecule has 0 spiro atoms. The molecule has 7 heavy (non-hydrogen) atoms. The van der Waals surface area contributed by atoms with E-state index in [9.17, 15) is 0 Å². The Morgan fingerprint density at radius 2 is 2.29 bits per heavy atom. The molecule has 0 unspecified atom stereocenters. The van der Waals surface area contributed by atoms with Gasteiger partial charge in [0.25, 0.3) is 0 Å². The van der Waals surface area contributed by atoms with Crippen LogP contribution in [0.3, 0.4) is 0 Å². The largest absolute Gasteiger partial charge is 0.0853 e. The summed E-state index contributed by atoms with van der Waals surface area (Å²) < 4.78 is 0. The smallest absolute Gasteiger partial charge is 0.0780 e. The molecular formula is C4H13B3. The van der Waals surface area contributed by atoms with E-state index in [1.165, 1.54) is 33.4 Å². The first-order valence-electron chi connectivity index (χ1n) is 3.41. The van der Waals surface area contributed by atoms with Crippen molar-refractivity contribution >= 4 is 22.0 Å². The molecule has 0 aliphatic heterocycles. The maximum Gasteiger partial charge on any atom is 0.0780 e. The van der Waals surface area contributed by atoms with Gasteiger partial charge < -0.3 is 0 Å². The van der Waals surface area contributed by atoms with E-state index in [0.29, 0.717) is 0 Å². The fraction of sp³-hybridized carbons (Fsp3) is 1.00. The van der Waals surface area contributed by atoms with Crippen LogP contribution < -0.4 is 0 Å². The van der Waals surface area contributed by atoms with Crippen molar-refractivity contribution in [3.63, 3.8) is 0 Å². The van der Waals surface area contributed by atoms with Gasteiger partial charge in [-0.05, 0) is 0 Å². The predicted molar refractivity (Wildman–Crippen MR) is 42.6 cm³/mol. The van der Waals surface area contributed by atoms with Crippen molar-refractivity contribution in [1.29, 1.82) is 0 Å². The first-order valence-corrected chi connectivity index (χ1v) is 3.41. The summed E-state index contributed by atoms with van der Waals surface area (Å²) in [5.74, 6) is 0. The summed E-state index contributed by atoms with van der Waals surface area (Å²) in [5, 5.41) is 0. The molecular weight excluding hydrogens is 80.5 g/mol. The first kappa shape index (κ1) is 7.19. The number of hydrogen-bond acceptors (Lipinski definition) is 0. The Labute approximate surface area is 48.9 Å². The standard InChI is InChI=1S/C4H13B3/c1-2-3-4-6-7-5/h6-7H,2-5H2,1H3. The molecule has 0 aliphatic carbocycles. The molecule has 0 aromatic rings. The van der Waals surface area contributed by atoms with Gasteiger partial charge in [-0.15, -0.1) is 0 Å². The molecule has 0 saturated carbocycles. The van der Waals surface area contributed by atoms with Gasteiger partial charge in [-0.25, -0.2) is 0 Å². The minimum absolute atomic E-state index is 1.36. The van der Waals surface area contributed by atoms with Gasteiger partial charge in [0, 0.05) is 0 Å². The van der Waals surface area contributed by atoms with Crippen LogP contribution in [-0.2, 0) is 0 Å². The van der Waals surface area contributed by atoms with Crippen molar-refractivity contribution < 1.29 is 0 Å². The summed E-state index contributed by atoms with van der Waals surface area (Å²) in [6.07, 6.45) is 4.22. The zero-order valence-corrected chi connectivity index (χ0v) is 5.54. The van der Waals surface area contributed by atoms with Crippen molar-refractivity contribution in [3.8, 4) is 0 Å². The van der Waals surface area contributed by atoms with Gasteiger partial charge >= 0.3 is 0 Å². The zero-order valence-electron chi connectivity index (χ0n) is 5.54. The van der Waals surface area contributed by atoms with Crippen LogP contribution in [0.5, 0.6) is 0 Å². The van der Waals surface area contributed by atoms with Crippen LogP contribution in [0, 0.1) is 0 Å². The van der Waals surface area contributed by atoms with E-state index >= 15 is 0 Å². The highest BCUT2D eigenvalue weighted by Gasteiger charge is 1.84. The Hall–Kier alpha value is 0.195. The first-order chi connectivity index (χ1) is 3.41. The molecule has 0 aliphatic rings. The fourth-order valence-electron chi connectivity index (χ4n) is 0.677. The van der Waals surface area contributed by atoms with Gasteiger partial charge in [0.2, 0.25) is 0 Å². The molecule has 0 aromatic heterocycles. The van der Waals surface area contributed by atoms with Crippen LogP contribution in [-0.4, -0.2) is 22.0 Å². The van der Waals surface area contributed by atoms with Crippen LogP contribution in [0.2, 0.25) is 6.32 Å². The van der Waals surface area contributed by atoms with E-state index in [0.717, 1.165) is 0 Å². The van der Waals surface area contributed by atoms with Gasteiger partial charge in [0.1, 0.15) is 0 Å². The normalized spacial score (nSPS) is 8.14. The SMILES string of the molecule is BBBCCCC. The average Bonchev–Trinajstić information content (AvgIpc) is 1.69. The molecule has 0 heterocycles. The van der Waals surface area contributed by atoms with Crippen LogP contribution in [0.1, 0.15) is 19.8 Å². The monoisotopic (exact) mass is 94.1 g/mol. The molecule has 0 aromatic carbocycles. The highest BCUT2D eigenvalue weighted by molar-refractivity contribution is 7.23. The van der Waals surface area contributed by atoms with E-state index in [1.54, 1.807) is 0 Å². The van der Waals surface area contributed by atoms with Gasteiger partial charge in [-0.3, -0.25) is 0 Å². The van der Waals surface area contributed by atoms with Gasteiger partial charge in [0.15, 0.2) is 0 Å². The maximum absolute atomic E-state index is 2.25. The Morgan fingerprint density at radius 3 is 2.71 bits per heavy atom. The third-order valence-corrected chi connectivity index (χ3v) is 1.21. The average molecular weight is 93.6 g/mol. The predicted octanol–water partition coefficient (Wildman–Crippen LogP) is -0.459. The van der Waals surface area contributed by atoms with Gasteiger partial charge in [-0.2, -0.15) is 0 Å². The third kappa shape index (κ3) is 6.19. The maximum atomic E-state index is 2.25. The molecule has 0 saturated heterocycles. The fourth-order valence-corrected chi connectivity index (χ4v) is 0.677. The molecule has 0 radical (unpaired) electrons. The summed E-state index contributed by atoms with van der Waals surface area (Å²) in [6, 6.07) is 0. The molecule has 0 atom stereocenters. The Balaban J connectivity index is 2.45. The minimum Gasteiger partial charge on any atom is -0.0853 e. The van der Waals surface area contributed by atoms with E-state index in [4.69, 9.17) is 0 Å². The van der Waals surface area contributed by atoms with Gasteiger partial charge in [-0.1, -0.05) is 26.1 Å². The molecule has 0 amide bonds. The van der Waals surface area contributed by atoms with Crippen molar-refractivity contribution in [1.82, 2.24) is 0 Å². The molecule has 38 valence electrons. The topological polar surface area (TPSA) is 0 Å². The summed E-state index contributed by atoms with van der Waals surface area (Å²) >= 11 is 0. The number of hydrogen-bond donors (Lipinski definition) is 0. The van der Waals surface area contributed by atoms with Crippen LogP contribution in [0.4, 0.5) is 0 Å². The van der Waals surface area contributed by atoms with Crippen molar-refractivity contribution in [2.45, 2.75) is 26.1 Å². The van der Waals surface area contributed by atoms with E-state index in [2.05, 4.69) is 14.7 Å². The summed E-state index contributed by atoms with van der Waals surface area (Å²) in [6.45, 7) is 2.25. The molecule has 0 fully saturated rings. The lowest BCUT2D eigenvalue weighted by Gasteiger charge is -1.87. The zero-order chi connectivity index (χ0) is 5.54. The second kappa shape index (κ2) is 6.19. The second-order valence-corrected chi connectivity index (χ2v) is 2.06. The Morgan fingerprint density at radius 1 is 1.57 bits per heavy atom. The lowest BCUT2D eigenvalue weighted by molar-refractivity contribution is 0.882. The lowest BCUT2D eigenvalue weighted by atomic mass is 9.27. The van der Waals surface area contributed by atoms with E-state index < -0.39 is 0 Å². The van der Waals surface area contributed by atoms with Crippen molar-refractivity contribution in [2.75, 3.05) is 0 Å². The number of unbranched alkanes of at least 4 members (excludes halogenated alkanes) is 1. The highest BCUT2D eigenvalue weighted by atomic mass is 13.7. The minimum atomic E-state index is 1.36. The molecule has 0 bridgehead atoms. The van der Waals surface area contributed by atoms with Crippen molar-refractivity contribution in [2.24, 2.45) is 0 Å². The van der Waals surface area contributed by atoms with Crippen LogP contribution in [0.25, 0.3) is 0 Å². The van der Waals surface area contributed by atoms with E-state index in [1.807, 2.05) is 0 Å². The quantitative estimate of drug-likeness (QED) is 0.326. The summed E-state index contributed by atoms with van der Waals surface area (Å²) in [5.41, 5.74) is 0. The lowest BCUT2D eigenvalue weighted by Crippen LogP contribution is -2.00. The number of rotatable bonds is 4. The third-order valence-electron chi connectivity index (χ3n) is 1.21.